The van der Waals surface area contributed by atoms with Crippen molar-refractivity contribution >= 4 is 0 Å². The normalized spacial score (nSPS) is 10.5. The quantitative estimate of drug-likeness (QED) is 0.643. The molecule has 1 aromatic heterocycles. The van der Waals surface area contributed by atoms with Gasteiger partial charge in [0.15, 0.2) is 0 Å². The lowest BCUT2D eigenvalue weighted by Crippen LogP contribution is -2.12. The smallest absolute Gasteiger partial charge is 0.119 e. The molecule has 4 heteroatoms. The van der Waals surface area contributed by atoms with Crippen LogP contribution in [0, 0.1) is 0 Å². The molecule has 0 aliphatic carbocycles. The summed E-state index contributed by atoms with van der Waals surface area (Å²) in [7, 11) is 0. The molecule has 0 bridgehead atoms. The van der Waals surface area contributed by atoms with Crippen molar-refractivity contribution in [1.29, 1.82) is 0 Å². The molecule has 0 saturated heterocycles. The van der Waals surface area contributed by atoms with E-state index in [9.17, 15) is 0 Å². The molecule has 0 atom stereocenters. The van der Waals surface area contributed by atoms with E-state index in [0.717, 1.165) is 24.5 Å². The highest BCUT2D eigenvalue weighted by molar-refractivity contribution is 5.34. The molecule has 0 aliphatic heterocycles. The second-order valence-corrected chi connectivity index (χ2v) is 5.48. The first kappa shape index (κ1) is 16.0. The fourth-order valence-corrected chi connectivity index (χ4v) is 2.41. The zero-order valence-electron chi connectivity index (χ0n) is 13.6. The molecule has 0 radical (unpaired) electrons. The second-order valence-electron chi connectivity index (χ2n) is 5.48. The summed E-state index contributed by atoms with van der Waals surface area (Å²) < 4.78 is 7.47. The minimum Gasteiger partial charge on any atom is -0.490 e. The number of hydrogen-bond acceptors (Lipinski definition) is 3. The van der Waals surface area contributed by atoms with Crippen LogP contribution in [0.25, 0.3) is 5.69 Å². The molecule has 0 amide bonds. The van der Waals surface area contributed by atoms with Gasteiger partial charge in [0.25, 0.3) is 0 Å². The first-order chi connectivity index (χ1) is 11.8. The topological polar surface area (TPSA) is 39.1 Å². The maximum Gasteiger partial charge on any atom is 0.119 e. The molecular weight excluding hydrogens is 298 g/mol. The molecular formula is C20H21N3O. The standard InChI is InChI=1S/C20H21N3O/c1-2-13-24-20-9-5-18(6-10-20)15-22-14-17-3-7-19(8-4-17)23-12-11-21-16-23/h2-12,16,22H,1,13-15H2. The second kappa shape index (κ2) is 8.13. The van der Waals surface area contributed by atoms with Gasteiger partial charge in [-0.05, 0) is 35.4 Å². The Balaban J connectivity index is 1.48. The summed E-state index contributed by atoms with van der Waals surface area (Å²) in [5.74, 6) is 0.869. The summed E-state index contributed by atoms with van der Waals surface area (Å²) in [6.07, 6.45) is 7.27. The number of hydrogen-bond donors (Lipinski definition) is 1. The maximum atomic E-state index is 5.48. The number of nitrogens with zero attached hydrogens (tertiary/aromatic N) is 2. The summed E-state index contributed by atoms with van der Waals surface area (Å²) in [4.78, 5) is 4.06. The van der Waals surface area contributed by atoms with Crippen LogP contribution in [0.2, 0.25) is 0 Å². The highest BCUT2D eigenvalue weighted by atomic mass is 16.5. The van der Waals surface area contributed by atoms with Crippen molar-refractivity contribution in [3.8, 4) is 11.4 Å². The first-order valence-corrected chi connectivity index (χ1v) is 7.96. The highest BCUT2D eigenvalue weighted by Gasteiger charge is 1.98. The van der Waals surface area contributed by atoms with Crippen LogP contribution in [0.5, 0.6) is 5.75 Å². The van der Waals surface area contributed by atoms with Crippen molar-refractivity contribution in [2.45, 2.75) is 13.1 Å². The van der Waals surface area contributed by atoms with Crippen LogP contribution in [0.4, 0.5) is 0 Å². The van der Waals surface area contributed by atoms with Gasteiger partial charge in [-0.1, -0.05) is 36.9 Å². The monoisotopic (exact) mass is 319 g/mol. The zero-order valence-corrected chi connectivity index (χ0v) is 13.6. The molecule has 122 valence electrons. The van der Waals surface area contributed by atoms with Gasteiger partial charge >= 0.3 is 0 Å². The van der Waals surface area contributed by atoms with Crippen LogP contribution >= 0.6 is 0 Å². The van der Waals surface area contributed by atoms with Gasteiger partial charge in [-0.3, -0.25) is 0 Å². The van der Waals surface area contributed by atoms with Gasteiger partial charge in [0.2, 0.25) is 0 Å². The third kappa shape index (κ3) is 4.33. The van der Waals surface area contributed by atoms with Gasteiger partial charge in [0.05, 0.1) is 6.33 Å². The SMILES string of the molecule is C=CCOc1ccc(CNCc2ccc(-n3ccnc3)cc2)cc1. The molecule has 1 heterocycles. The fraction of sp³-hybridized carbons (Fsp3) is 0.150. The summed E-state index contributed by atoms with van der Waals surface area (Å²) >= 11 is 0. The van der Waals surface area contributed by atoms with Gasteiger partial charge in [-0.15, -0.1) is 0 Å². The van der Waals surface area contributed by atoms with Crippen molar-refractivity contribution in [3.05, 3.63) is 91.0 Å². The van der Waals surface area contributed by atoms with Crippen molar-refractivity contribution in [2.75, 3.05) is 6.61 Å². The lowest BCUT2D eigenvalue weighted by atomic mass is 10.2. The van der Waals surface area contributed by atoms with E-state index in [1.54, 1.807) is 18.6 Å². The van der Waals surface area contributed by atoms with Crippen molar-refractivity contribution < 1.29 is 4.74 Å². The summed E-state index contributed by atoms with van der Waals surface area (Å²) in [6.45, 7) is 5.83. The van der Waals surface area contributed by atoms with Crippen LogP contribution in [-0.4, -0.2) is 16.2 Å². The van der Waals surface area contributed by atoms with Crippen LogP contribution in [-0.2, 0) is 13.1 Å². The van der Waals surface area contributed by atoms with E-state index in [0.29, 0.717) is 6.61 Å². The van der Waals surface area contributed by atoms with Crippen molar-refractivity contribution in [2.24, 2.45) is 0 Å². The summed E-state index contributed by atoms with van der Waals surface area (Å²) in [6, 6.07) is 16.6. The first-order valence-electron chi connectivity index (χ1n) is 7.96. The number of rotatable bonds is 8. The van der Waals surface area contributed by atoms with E-state index in [1.165, 1.54) is 11.1 Å². The van der Waals surface area contributed by atoms with E-state index in [2.05, 4.69) is 53.3 Å². The molecule has 0 aliphatic rings. The van der Waals surface area contributed by atoms with Gasteiger partial charge in [0, 0.05) is 31.2 Å². The highest BCUT2D eigenvalue weighted by Crippen LogP contribution is 2.13. The summed E-state index contributed by atoms with van der Waals surface area (Å²) in [5.41, 5.74) is 3.60. The Labute approximate surface area is 142 Å². The minimum absolute atomic E-state index is 0.534. The number of aromatic nitrogens is 2. The Morgan fingerprint density at radius 2 is 1.67 bits per heavy atom. The molecule has 24 heavy (non-hydrogen) atoms. The average molecular weight is 319 g/mol. The van der Waals surface area contributed by atoms with E-state index >= 15 is 0 Å². The molecule has 4 nitrogen and oxygen atoms in total. The van der Waals surface area contributed by atoms with Gasteiger partial charge in [0.1, 0.15) is 12.4 Å². The predicted molar refractivity (Wildman–Crippen MR) is 96.2 cm³/mol. The predicted octanol–water partition coefficient (Wildman–Crippen LogP) is 3.73. The Kier molecular flexibility index (Phi) is 5.43. The van der Waals surface area contributed by atoms with E-state index in [1.807, 2.05) is 22.9 Å². The fourth-order valence-electron chi connectivity index (χ4n) is 2.41. The Morgan fingerprint density at radius 3 is 2.25 bits per heavy atom. The van der Waals surface area contributed by atoms with Crippen LogP contribution < -0.4 is 10.1 Å². The van der Waals surface area contributed by atoms with Crippen molar-refractivity contribution in [1.82, 2.24) is 14.9 Å². The molecule has 0 fully saturated rings. The lowest BCUT2D eigenvalue weighted by Gasteiger charge is -2.08. The van der Waals surface area contributed by atoms with E-state index in [-0.39, 0.29) is 0 Å². The Morgan fingerprint density at radius 1 is 1.00 bits per heavy atom. The van der Waals surface area contributed by atoms with Gasteiger partial charge in [-0.25, -0.2) is 4.98 Å². The van der Waals surface area contributed by atoms with Gasteiger partial charge < -0.3 is 14.6 Å². The Bertz CT molecular complexity index is 747. The lowest BCUT2D eigenvalue weighted by molar-refractivity contribution is 0.363. The number of ether oxygens (including phenoxy) is 1. The third-order valence-electron chi connectivity index (χ3n) is 3.69. The maximum absolute atomic E-state index is 5.48. The number of nitrogens with one attached hydrogen (secondary N) is 1. The molecule has 0 unspecified atom stereocenters. The number of benzene rings is 2. The molecule has 0 spiro atoms. The van der Waals surface area contributed by atoms with Crippen LogP contribution in [0.1, 0.15) is 11.1 Å². The van der Waals surface area contributed by atoms with E-state index < -0.39 is 0 Å². The molecule has 2 aromatic carbocycles. The van der Waals surface area contributed by atoms with Crippen LogP contribution in [0.15, 0.2) is 79.9 Å². The summed E-state index contributed by atoms with van der Waals surface area (Å²) in [5, 5.41) is 3.46. The van der Waals surface area contributed by atoms with Crippen molar-refractivity contribution in [3.63, 3.8) is 0 Å². The largest absolute Gasteiger partial charge is 0.490 e. The minimum atomic E-state index is 0.534. The molecule has 3 rings (SSSR count). The third-order valence-corrected chi connectivity index (χ3v) is 3.69. The van der Waals surface area contributed by atoms with E-state index in [4.69, 9.17) is 4.74 Å². The molecule has 3 aromatic rings. The molecule has 0 saturated carbocycles. The zero-order chi connectivity index (χ0) is 16.6. The van der Waals surface area contributed by atoms with Crippen LogP contribution in [0.3, 0.4) is 0 Å². The Hall–Kier alpha value is -2.85. The average Bonchev–Trinajstić information content (AvgIpc) is 3.16. The molecule has 1 N–H and O–H groups in total. The number of imidazole rings is 1. The van der Waals surface area contributed by atoms with Gasteiger partial charge in [-0.2, -0.15) is 0 Å².